The van der Waals surface area contributed by atoms with Crippen LogP contribution in [0.5, 0.6) is 0 Å². The normalized spacial score (nSPS) is 13.1. The SMILES string of the molecule is CCC(NCC(=O)NC(C)(C)C)c1cccc(Br)c1. The zero-order chi connectivity index (χ0) is 14.5. The summed E-state index contributed by atoms with van der Waals surface area (Å²) in [6, 6.07) is 8.38. The quantitative estimate of drug-likeness (QED) is 0.870. The molecule has 1 unspecified atom stereocenters. The van der Waals surface area contributed by atoms with Crippen LogP contribution in [0.1, 0.15) is 45.7 Å². The number of amides is 1. The van der Waals surface area contributed by atoms with Crippen LogP contribution in [-0.4, -0.2) is 18.0 Å². The molecule has 0 radical (unpaired) electrons. The minimum atomic E-state index is -0.184. The molecule has 0 aromatic heterocycles. The van der Waals surface area contributed by atoms with Gasteiger partial charge in [-0.1, -0.05) is 35.0 Å². The molecule has 0 aliphatic rings. The third-order valence-electron chi connectivity index (χ3n) is 2.68. The molecule has 19 heavy (non-hydrogen) atoms. The van der Waals surface area contributed by atoms with Gasteiger partial charge in [0.05, 0.1) is 6.54 Å². The Morgan fingerprint density at radius 3 is 2.58 bits per heavy atom. The van der Waals surface area contributed by atoms with Crippen LogP contribution in [0.25, 0.3) is 0 Å². The van der Waals surface area contributed by atoms with E-state index in [0.29, 0.717) is 6.54 Å². The fourth-order valence-electron chi connectivity index (χ4n) is 1.90. The number of hydrogen-bond acceptors (Lipinski definition) is 2. The highest BCUT2D eigenvalue weighted by Crippen LogP contribution is 2.20. The van der Waals surface area contributed by atoms with Gasteiger partial charge in [0.25, 0.3) is 0 Å². The van der Waals surface area contributed by atoms with Gasteiger partial charge in [-0.3, -0.25) is 4.79 Å². The van der Waals surface area contributed by atoms with Gasteiger partial charge in [0.1, 0.15) is 0 Å². The molecule has 0 spiro atoms. The summed E-state index contributed by atoms with van der Waals surface area (Å²) < 4.78 is 1.06. The summed E-state index contributed by atoms with van der Waals surface area (Å²) in [5.74, 6) is 0.0287. The Bertz CT molecular complexity index is 426. The minimum Gasteiger partial charge on any atom is -0.350 e. The molecule has 0 saturated heterocycles. The van der Waals surface area contributed by atoms with E-state index in [1.165, 1.54) is 5.56 Å². The van der Waals surface area contributed by atoms with Gasteiger partial charge in [-0.2, -0.15) is 0 Å². The highest BCUT2D eigenvalue weighted by atomic mass is 79.9. The van der Waals surface area contributed by atoms with Crippen molar-refractivity contribution in [3.8, 4) is 0 Å². The Kier molecular flexibility index (Phi) is 6.01. The van der Waals surface area contributed by atoms with Crippen molar-refractivity contribution in [3.05, 3.63) is 34.3 Å². The van der Waals surface area contributed by atoms with Crippen molar-refractivity contribution < 1.29 is 4.79 Å². The highest BCUT2D eigenvalue weighted by molar-refractivity contribution is 9.10. The maximum absolute atomic E-state index is 11.8. The van der Waals surface area contributed by atoms with Gasteiger partial charge in [0.2, 0.25) is 5.91 Å². The molecular formula is C15H23BrN2O. The Hall–Kier alpha value is -0.870. The Morgan fingerprint density at radius 2 is 2.05 bits per heavy atom. The van der Waals surface area contributed by atoms with Gasteiger partial charge < -0.3 is 10.6 Å². The van der Waals surface area contributed by atoms with Gasteiger partial charge in [0.15, 0.2) is 0 Å². The lowest BCUT2D eigenvalue weighted by Crippen LogP contribution is -2.45. The summed E-state index contributed by atoms with van der Waals surface area (Å²) in [6.45, 7) is 8.39. The maximum atomic E-state index is 11.8. The van der Waals surface area contributed by atoms with Crippen molar-refractivity contribution >= 4 is 21.8 Å². The molecule has 106 valence electrons. The molecule has 0 saturated carbocycles. The first-order chi connectivity index (χ1) is 8.81. The van der Waals surface area contributed by atoms with Gasteiger partial charge in [-0.15, -0.1) is 0 Å². The van der Waals surface area contributed by atoms with Crippen LogP contribution in [0.15, 0.2) is 28.7 Å². The molecule has 2 N–H and O–H groups in total. The van der Waals surface area contributed by atoms with Crippen molar-refractivity contribution in [2.45, 2.75) is 45.7 Å². The van der Waals surface area contributed by atoms with Gasteiger partial charge in [-0.25, -0.2) is 0 Å². The molecule has 0 fully saturated rings. The number of carbonyl (C=O) groups excluding carboxylic acids is 1. The zero-order valence-electron chi connectivity index (χ0n) is 12.1. The standard InChI is InChI=1S/C15H23BrN2O/c1-5-13(11-7-6-8-12(16)9-11)17-10-14(19)18-15(2,3)4/h6-9,13,17H,5,10H2,1-4H3,(H,18,19). The predicted molar refractivity (Wildman–Crippen MR) is 83.1 cm³/mol. The zero-order valence-corrected chi connectivity index (χ0v) is 13.7. The number of nitrogens with one attached hydrogen (secondary N) is 2. The van der Waals surface area contributed by atoms with Crippen molar-refractivity contribution in [2.24, 2.45) is 0 Å². The predicted octanol–water partition coefficient (Wildman–Crippen LogP) is 3.40. The van der Waals surface area contributed by atoms with Crippen LogP contribution < -0.4 is 10.6 Å². The molecule has 0 aliphatic heterocycles. The van der Waals surface area contributed by atoms with Crippen LogP contribution >= 0.6 is 15.9 Å². The van der Waals surface area contributed by atoms with E-state index in [4.69, 9.17) is 0 Å². The van der Waals surface area contributed by atoms with E-state index in [1.54, 1.807) is 0 Å². The number of benzene rings is 1. The van der Waals surface area contributed by atoms with Crippen molar-refractivity contribution in [3.63, 3.8) is 0 Å². The lowest BCUT2D eigenvalue weighted by Gasteiger charge is -2.22. The lowest BCUT2D eigenvalue weighted by atomic mass is 10.0. The van der Waals surface area contributed by atoms with Crippen LogP contribution in [0.2, 0.25) is 0 Å². The Balaban J connectivity index is 2.56. The molecule has 1 aromatic rings. The van der Waals surface area contributed by atoms with Gasteiger partial charge >= 0.3 is 0 Å². The molecule has 4 heteroatoms. The van der Waals surface area contributed by atoms with Gasteiger partial charge in [-0.05, 0) is 44.9 Å². The van der Waals surface area contributed by atoms with Crippen LogP contribution in [0.4, 0.5) is 0 Å². The maximum Gasteiger partial charge on any atom is 0.234 e. The summed E-state index contributed by atoms with van der Waals surface area (Å²) >= 11 is 3.47. The second-order valence-corrected chi connectivity index (χ2v) is 6.61. The van der Waals surface area contributed by atoms with E-state index in [2.05, 4.69) is 45.6 Å². The molecule has 1 atom stereocenters. The molecular weight excluding hydrogens is 304 g/mol. The number of rotatable bonds is 5. The smallest absolute Gasteiger partial charge is 0.234 e. The molecule has 0 heterocycles. The average molecular weight is 327 g/mol. The summed E-state index contributed by atoms with van der Waals surface area (Å²) in [5.41, 5.74) is 1.01. The van der Waals surface area contributed by atoms with Crippen LogP contribution in [0.3, 0.4) is 0 Å². The molecule has 3 nitrogen and oxygen atoms in total. The largest absolute Gasteiger partial charge is 0.350 e. The topological polar surface area (TPSA) is 41.1 Å². The minimum absolute atomic E-state index is 0.0287. The molecule has 0 aliphatic carbocycles. The van der Waals surface area contributed by atoms with E-state index in [9.17, 15) is 4.79 Å². The molecule has 1 aromatic carbocycles. The number of hydrogen-bond donors (Lipinski definition) is 2. The summed E-state index contributed by atoms with van der Waals surface area (Å²) in [5, 5.41) is 6.25. The third kappa shape index (κ3) is 6.21. The monoisotopic (exact) mass is 326 g/mol. The fraction of sp³-hybridized carbons (Fsp3) is 0.533. The van der Waals surface area contributed by atoms with E-state index in [1.807, 2.05) is 32.9 Å². The Morgan fingerprint density at radius 1 is 1.37 bits per heavy atom. The first-order valence-corrected chi connectivity index (χ1v) is 7.41. The first kappa shape index (κ1) is 16.2. The van der Waals surface area contributed by atoms with E-state index in [0.717, 1.165) is 10.9 Å². The highest BCUT2D eigenvalue weighted by Gasteiger charge is 2.15. The second-order valence-electron chi connectivity index (χ2n) is 5.69. The van der Waals surface area contributed by atoms with Gasteiger partial charge in [0, 0.05) is 16.1 Å². The summed E-state index contributed by atoms with van der Waals surface area (Å²) in [6.07, 6.45) is 0.944. The average Bonchev–Trinajstić information content (AvgIpc) is 2.27. The molecule has 1 rings (SSSR count). The molecule has 1 amide bonds. The van der Waals surface area contributed by atoms with Crippen molar-refractivity contribution in [1.82, 2.24) is 10.6 Å². The number of carbonyl (C=O) groups is 1. The Labute approximate surface area is 124 Å². The van der Waals surface area contributed by atoms with Crippen LogP contribution in [-0.2, 0) is 4.79 Å². The fourth-order valence-corrected chi connectivity index (χ4v) is 2.32. The first-order valence-electron chi connectivity index (χ1n) is 6.61. The summed E-state index contributed by atoms with van der Waals surface area (Å²) in [4.78, 5) is 11.8. The van der Waals surface area contributed by atoms with Crippen LogP contribution in [0, 0.1) is 0 Å². The summed E-state index contributed by atoms with van der Waals surface area (Å²) in [7, 11) is 0. The lowest BCUT2D eigenvalue weighted by molar-refractivity contribution is -0.121. The molecule has 0 bridgehead atoms. The van der Waals surface area contributed by atoms with E-state index < -0.39 is 0 Å². The second kappa shape index (κ2) is 7.06. The van der Waals surface area contributed by atoms with Crippen molar-refractivity contribution in [1.29, 1.82) is 0 Å². The van der Waals surface area contributed by atoms with E-state index >= 15 is 0 Å². The number of halogens is 1. The third-order valence-corrected chi connectivity index (χ3v) is 3.18. The van der Waals surface area contributed by atoms with E-state index in [-0.39, 0.29) is 17.5 Å². The van der Waals surface area contributed by atoms with Crippen molar-refractivity contribution in [2.75, 3.05) is 6.54 Å².